The SMILES string of the molecule is CC(C)n1ncnc1CNCCCCC(N)=O. The minimum Gasteiger partial charge on any atom is -0.370 e. The van der Waals surface area contributed by atoms with Gasteiger partial charge in [-0.15, -0.1) is 0 Å². The summed E-state index contributed by atoms with van der Waals surface area (Å²) in [7, 11) is 0. The predicted octanol–water partition coefficient (Wildman–Crippen LogP) is 0.604. The van der Waals surface area contributed by atoms with Crippen molar-refractivity contribution in [1.82, 2.24) is 20.1 Å². The third-order valence-corrected chi connectivity index (χ3v) is 2.45. The number of primary amides is 1. The van der Waals surface area contributed by atoms with E-state index in [-0.39, 0.29) is 5.91 Å². The van der Waals surface area contributed by atoms with E-state index in [1.165, 1.54) is 0 Å². The molecular formula is C11H21N5O. The molecule has 0 aliphatic carbocycles. The number of hydrogen-bond donors (Lipinski definition) is 2. The lowest BCUT2D eigenvalue weighted by Crippen LogP contribution is -2.20. The van der Waals surface area contributed by atoms with E-state index in [4.69, 9.17) is 5.73 Å². The van der Waals surface area contributed by atoms with Crippen molar-refractivity contribution < 1.29 is 4.79 Å². The highest BCUT2D eigenvalue weighted by molar-refractivity contribution is 5.73. The molecule has 17 heavy (non-hydrogen) atoms. The number of carbonyl (C=O) groups excluding carboxylic acids is 1. The fourth-order valence-electron chi connectivity index (χ4n) is 1.58. The monoisotopic (exact) mass is 239 g/mol. The van der Waals surface area contributed by atoms with Crippen molar-refractivity contribution in [3.05, 3.63) is 12.2 Å². The van der Waals surface area contributed by atoms with Gasteiger partial charge in [-0.05, 0) is 33.2 Å². The van der Waals surface area contributed by atoms with Crippen molar-refractivity contribution in [2.45, 2.75) is 45.7 Å². The quantitative estimate of drug-likeness (QED) is 0.651. The van der Waals surface area contributed by atoms with Crippen molar-refractivity contribution in [1.29, 1.82) is 0 Å². The Bertz CT molecular complexity index is 347. The van der Waals surface area contributed by atoms with Crippen LogP contribution in [0.5, 0.6) is 0 Å². The Hall–Kier alpha value is -1.43. The number of hydrogen-bond acceptors (Lipinski definition) is 4. The highest BCUT2D eigenvalue weighted by Gasteiger charge is 2.06. The first-order valence-electron chi connectivity index (χ1n) is 5.98. The van der Waals surface area contributed by atoms with Gasteiger partial charge in [-0.2, -0.15) is 5.10 Å². The zero-order valence-electron chi connectivity index (χ0n) is 10.5. The molecular weight excluding hydrogens is 218 g/mol. The molecule has 0 aliphatic heterocycles. The average molecular weight is 239 g/mol. The maximum Gasteiger partial charge on any atom is 0.217 e. The lowest BCUT2D eigenvalue weighted by molar-refractivity contribution is -0.118. The second kappa shape index (κ2) is 7.01. The molecule has 0 bridgehead atoms. The van der Waals surface area contributed by atoms with Crippen molar-refractivity contribution in [3.8, 4) is 0 Å². The number of nitrogens with one attached hydrogen (secondary N) is 1. The van der Waals surface area contributed by atoms with Crippen molar-refractivity contribution >= 4 is 5.91 Å². The molecule has 0 aromatic carbocycles. The summed E-state index contributed by atoms with van der Waals surface area (Å²) in [6.07, 6.45) is 3.81. The van der Waals surface area contributed by atoms with E-state index in [0.717, 1.165) is 25.2 Å². The molecule has 6 heteroatoms. The molecule has 0 atom stereocenters. The van der Waals surface area contributed by atoms with Crippen molar-refractivity contribution in [3.63, 3.8) is 0 Å². The molecule has 0 radical (unpaired) electrons. The van der Waals surface area contributed by atoms with E-state index in [9.17, 15) is 4.79 Å². The summed E-state index contributed by atoms with van der Waals surface area (Å²) in [4.78, 5) is 14.7. The fraction of sp³-hybridized carbons (Fsp3) is 0.727. The Morgan fingerprint density at radius 3 is 2.94 bits per heavy atom. The highest BCUT2D eigenvalue weighted by Crippen LogP contribution is 2.04. The van der Waals surface area contributed by atoms with Crippen LogP contribution in [0.2, 0.25) is 0 Å². The standard InChI is InChI=1S/C11H21N5O/c1-9(2)16-11(14-8-15-16)7-13-6-4-3-5-10(12)17/h8-9,13H,3-7H2,1-2H3,(H2,12,17). The van der Waals surface area contributed by atoms with E-state index < -0.39 is 0 Å². The Morgan fingerprint density at radius 1 is 1.53 bits per heavy atom. The number of nitrogens with two attached hydrogens (primary N) is 1. The number of amides is 1. The zero-order chi connectivity index (χ0) is 12.7. The average Bonchev–Trinajstić information content (AvgIpc) is 2.71. The van der Waals surface area contributed by atoms with Crippen LogP contribution in [-0.2, 0) is 11.3 Å². The van der Waals surface area contributed by atoms with Gasteiger partial charge in [0.15, 0.2) is 0 Å². The molecule has 3 N–H and O–H groups in total. The van der Waals surface area contributed by atoms with Crippen LogP contribution in [-0.4, -0.2) is 27.2 Å². The molecule has 0 spiro atoms. The maximum absolute atomic E-state index is 10.5. The minimum absolute atomic E-state index is 0.232. The van der Waals surface area contributed by atoms with E-state index in [1.807, 2.05) is 4.68 Å². The molecule has 1 rings (SSSR count). The Morgan fingerprint density at radius 2 is 2.29 bits per heavy atom. The van der Waals surface area contributed by atoms with Gasteiger partial charge in [-0.1, -0.05) is 0 Å². The first-order valence-corrected chi connectivity index (χ1v) is 5.98. The second-order valence-corrected chi connectivity index (χ2v) is 4.31. The van der Waals surface area contributed by atoms with Crippen LogP contribution >= 0.6 is 0 Å². The summed E-state index contributed by atoms with van der Waals surface area (Å²) in [6, 6.07) is 0.323. The van der Waals surface area contributed by atoms with Gasteiger partial charge in [0, 0.05) is 12.5 Å². The lowest BCUT2D eigenvalue weighted by Gasteiger charge is -2.09. The summed E-state index contributed by atoms with van der Waals surface area (Å²) in [5, 5.41) is 7.44. The summed E-state index contributed by atoms with van der Waals surface area (Å²) in [6.45, 7) is 5.71. The molecule has 6 nitrogen and oxygen atoms in total. The minimum atomic E-state index is -0.232. The highest BCUT2D eigenvalue weighted by atomic mass is 16.1. The first kappa shape index (κ1) is 13.6. The third kappa shape index (κ3) is 4.95. The molecule has 1 heterocycles. The molecule has 0 saturated heterocycles. The molecule has 0 aliphatic rings. The van der Waals surface area contributed by atoms with Gasteiger partial charge in [0.1, 0.15) is 12.2 Å². The molecule has 1 aromatic heterocycles. The molecule has 0 unspecified atom stereocenters. The van der Waals surface area contributed by atoms with Crippen LogP contribution < -0.4 is 11.1 Å². The Labute approximate surface area is 102 Å². The Balaban J connectivity index is 2.18. The van der Waals surface area contributed by atoms with E-state index in [1.54, 1.807) is 6.33 Å². The summed E-state index contributed by atoms with van der Waals surface area (Å²) >= 11 is 0. The molecule has 0 saturated carbocycles. The van der Waals surface area contributed by atoms with E-state index >= 15 is 0 Å². The fourth-order valence-corrected chi connectivity index (χ4v) is 1.58. The molecule has 0 fully saturated rings. The van der Waals surface area contributed by atoms with Gasteiger partial charge >= 0.3 is 0 Å². The number of aromatic nitrogens is 3. The largest absolute Gasteiger partial charge is 0.370 e. The molecule has 1 aromatic rings. The summed E-state index contributed by atoms with van der Waals surface area (Å²) in [5.41, 5.74) is 5.06. The van der Waals surface area contributed by atoms with Crippen LogP contribution in [0.25, 0.3) is 0 Å². The van der Waals surface area contributed by atoms with Crippen molar-refractivity contribution in [2.75, 3.05) is 6.54 Å². The van der Waals surface area contributed by atoms with Crippen LogP contribution in [0.15, 0.2) is 6.33 Å². The normalized spacial score (nSPS) is 11.0. The van der Waals surface area contributed by atoms with E-state index in [0.29, 0.717) is 19.0 Å². The lowest BCUT2D eigenvalue weighted by atomic mass is 10.2. The van der Waals surface area contributed by atoms with Crippen LogP contribution in [0.4, 0.5) is 0 Å². The van der Waals surface area contributed by atoms with Gasteiger partial charge in [-0.3, -0.25) is 4.79 Å². The second-order valence-electron chi connectivity index (χ2n) is 4.31. The molecule has 1 amide bonds. The number of nitrogens with zero attached hydrogens (tertiary/aromatic N) is 3. The van der Waals surface area contributed by atoms with Gasteiger partial charge in [0.2, 0.25) is 5.91 Å². The topological polar surface area (TPSA) is 85.8 Å². The van der Waals surface area contributed by atoms with Crippen LogP contribution in [0.1, 0.15) is 45.0 Å². The maximum atomic E-state index is 10.5. The van der Waals surface area contributed by atoms with Gasteiger partial charge in [0.25, 0.3) is 0 Å². The number of unbranched alkanes of at least 4 members (excludes halogenated alkanes) is 1. The zero-order valence-corrected chi connectivity index (χ0v) is 10.5. The Kier molecular flexibility index (Phi) is 5.62. The third-order valence-electron chi connectivity index (χ3n) is 2.45. The number of carbonyl (C=O) groups is 1. The summed E-state index contributed by atoms with van der Waals surface area (Å²) in [5.74, 6) is 0.708. The van der Waals surface area contributed by atoms with Crippen LogP contribution in [0.3, 0.4) is 0 Å². The predicted molar refractivity (Wildman–Crippen MR) is 65.2 cm³/mol. The first-order chi connectivity index (χ1) is 8.11. The van der Waals surface area contributed by atoms with Gasteiger partial charge < -0.3 is 11.1 Å². The van der Waals surface area contributed by atoms with Gasteiger partial charge in [0.05, 0.1) is 6.54 Å². The van der Waals surface area contributed by atoms with Crippen LogP contribution in [0, 0.1) is 0 Å². The van der Waals surface area contributed by atoms with E-state index in [2.05, 4.69) is 29.2 Å². The summed E-state index contributed by atoms with van der Waals surface area (Å²) < 4.78 is 1.90. The van der Waals surface area contributed by atoms with Gasteiger partial charge in [-0.25, -0.2) is 9.67 Å². The number of rotatable bonds is 8. The molecule has 96 valence electrons. The smallest absolute Gasteiger partial charge is 0.217 e. The van der Waals surface area contributed by atoms with Crippen molar-refractivity contribution in [2.24, 2.45) is 5.73 Å².